The molecule has 23 heavy (non-hydrogen) atoms. The van der Waals surface area contributed by atoms with E-state index in [1.165, 1.54) is 16.7 Å². The van der Waals surface area contributed by atoms with E-state index >= 15 is 0 Å². The van der Waals surface area contributed by atoms with E-state index in [1.807, 2.05) is 0 Å². The van der Waals surface area contributed by atoms with Gasteiger partial charge in [-0.2, -0.15) is 0 Å². The fourth-order valence-electron chi connectivity index (χ4n) is 2.61. The summed E-state index contributed by atoms with van der Waals surface area (Å²) in [7, 11) is 1.62. The molecule has 0 amide bonds. The van der Waals surface area contributed by atoms with E-state index in [2.05, 4.69) is 0 Å². The molecule has 0 radical (unpaired) electrons. The van der Waals surface area contributed by atoms with Gasteiger partial charge in [0.25, 0.3) is 0 Å². The zero-order valence-electron chi connectivity index (χ0n) is 12.6. The first kappa shape index (κ1) is 15.0. The summed E-state index contributed by atoms with van der Waals surface area (Å²) in [5, 5.41) is 0. The van der Waals surface area contributed by atoms with Crippen molar-refractivity contribution in [3.8, 4) is 0 Å². The minimum Gasteiger partial charge on any atom is -0.399 e. The van der Waals surface area contributed by atoms with Crippen LogP contribution in [-0.2, 0) is 13.5 Å². The summed E-state index contributed by atoms with van der Waals surface area (Å²) in [6.45, 7) is 0. The lowest BCUT2D eigenvalue weighted by Gasteiger charge is -2.03. The molecule has 2 N–H and O–H groups in total. The van der Waals surface area contributed by atoms with Gasteiger partial charge in [-0.15, -0.1) is 0 Å². The largest absolute Gasteiger partial charge is 0.399 e. The zero-order chi connectivity index (χ0) is 16.6. The van der Waals surface area contributed by atoms with Crippen LogP contribution in [0.5, 0.6) is 0 Å². The van der Waals surface area contributed by atoms with E-state index in [1.54, 1.807) is 37.4 Å². The van der Waals surface area contributed by atoms with Crippen molar-refractivity contribution in [3.05, 3.63) is 64.3 Å². The van der Waals surface area contributed by atoms with Crippen LogP contribution in [0.25, 0.3) is 11.0 Å². The highest BCUT2D eigenvalue weighted by Gasteiger charge is 2.16. The van der Waals surface area contributed by atoms with E-state index in [0.717, 1.165) is 10.1 Å². The van der Waals surface area contributed by atoms with Crippen molar-refractivity contribution in [2.24, 2.45) is 7.05 Å². The number of fused-ring (bicyclic) bond motifs is 1. The highest BCUT2D eigenvalue weighted by atomic mass is 19.1. The molecular weight excluding hydrogens is 297 g/mol. The molecule has 0 bridgehead atoms. The van der Waals surface area contributed by atoms with Gasteiger partial charge in [0.05, 0.1) is 11.0 Å². The minimum absolute atomic E-state index is 0.152. The lowest BCUT2D eigenvalue weighted by molar-refractivity contribution is 0.0903. The zero-order valence-corrected chi connectivity index (χ0v) is 12.6. The Morgan fingerprint density at radius 2 is 1.83 bits per heavy atom. The second-order valence-corrected chi connectivity index (χ2v) is 5.45. The summed E-state index contributed by atoms with van der Waals surface area (Å²) in [5.41, 5.74) is 7.85. The Bertz CT molecular complexity index is 939. The molecule has 118 valence electrons. The lowest BCUT2D eigenvalue weighted by atomic mass is 10.1. The number of nitrogen functional groups attached to an aromatic ring is 1. The normalized spacial score (nSPS) is 11.0. The topological polar surface area (TPSA) is 70.0 Å². The maximum Gasteiger partial charge on any atom is 0.335 e. The molecule has 0 atom stereocenters. The second-order valence-electron chi connectivity index (χ2n) is 5.45. The van der Waals surface area contributed by atoms with Crippen LogP contribution in [0.15, 0.2) is 47.3 Å². The molecule has 6 heteroatoms. The predicted molar refractivity (Wildman–Crippen MR) is 86.9 cm³/mol. The first-order valence-corrected chi connectivity index (χ1v) is 7.22. The number of carbonyl (C=O) groups is 1. The van der Waals surface area contributed by atoms with Crippen LogP contribution in [0.4, 0.5) is 10.1 Å². The number of aromatic nitrogens is 2. The van der Waals surface area contributed by atoms with Gasteiger partial charge in [0.15, 0.2) is 0 Å². The lowest BCUT2D eigenvalue weighted by Crippen LogP contribution is -2.27. The highest BCUT2D eigenvalue weighted by Crippen LogP contribution is 2.17. The molecule has 0 fully saturated rings. The van der Waals surface area contributed by atoms with Crippen LogP contribution in [-0.4, -0.2) is 15.0 Å². The molecule has 1 heterocycles. The average molecular weight is 313 g/mol. The van der Waals surface area contributed by atoms with Crippen molar-refractivity contribution in [1.82, 2.24) is 9.13 Å². The standard InChI is InChI=1S/C17H16FN3O2/c1-20-14-8-7-13(19)10-15(14)21(17(20)23)16(22)9-4-11-2-5-12(18)6-3-11/h2-3,5-8,10H,4,9,19H2,1H3. The van der Waals surface area contributed by atoms with Gasteiger partial charge in [-0.1, -0.05) is 12.1 Å². The first-order valence-electron chi connectivity index (χ1n) is 7.22. The molecule has 0 aliphatic heterocycles. The Labute approximate surface area is 131 Å². The number of aryl methyl sites for hydroxylation is 2. The van der Waals surface area contributed by atoms with Crippen molar-refractivity contribution in [1.29, 1.82) is 0 Å². The van der Waals surface area contributed by atoms with Crippen molar-refractivity contribution in [2.45, 2.75) is 12.8 Å². The third kappa shape index (κ3) is 2.75. The summed E-state index contributed by atoms with van der Waals surface area (Å²) >= 11 is 0. The third-order valence-electron chi connectivity index (χ3n) is 3.87. The molecule has 0 saturated carbocycles. The fraction of sp³-hybridized carbons (Fsp3) is 0.176. The number of benzene rings is 2. The molecular formula is C17H16FN3O2. The van der Waals surface area contributed by atoms with Gasteiger partial charge in [-0.3, -0.25) is 9.36 Å². The van der Waals surface area contributed by atoms with Gasteiger partial charge < -0.3 is 5.73 Å². The van der Waals surface area contributed by atoms with Gasteiger partial charge in [-0.25, -0.2) is 13.8 Å². The van der Waals surface area contributed by atoms with E-state index in [-0.39, 0.29) is 18.1 Å². The van der Waals surface area contributed by atoms with Gasteiger partial charge in [0, 0.05) is 19.2 Å². The van der Waals surface area contributed by atoms with Crippen molar-refractivity contribution >= 4 is 22.6 Å². The molecule has 3 aromatic rings. The Morgan fingerprint density at radius 3 is 2.52 bits per heavy atom. The maximum atomic E-state index is 12.9. The van der Waals surface area contributed by atoms with E-state index in [9.17, 15) is 14.0 Å². The van der Waals surface area contributed by atoms with Crippen molar-refractivity contribution in [2.75, 3.05) is 5.73 Å². The van der Waals surface area contributed by atoms with Crippen LogP contribution in [0.2, 0.25) is 0 Å². The van der Waals surface area contributed by atoms with Gasteiger partial charge >= 0.3 is 5.69 Å². The second kappa shape index (κ2) is 5.72. The summed E-state index contributed by atoms with van der Waals surface area (Å²) in [6, 6.07) is 11.0. The average Bonchev–Trinajstić information content (AvgIpc) is 2.77. The smallest absolute Gasteiger partial charge is 0.335 e. The summed E-state index contributed by atoms with van der Waals surface area (Å²) < 4.78 is 15.5. The quantitative estimate of drug-likeness (QED) is 0.755. The number of nitrogens with two attached hydrogens (primary N) is 1. The minimum atomic E-state index is -0.394. The maximum absolute atomic E-state index is 12.9. The molecule has 0 aliphatic rings. The summed E-state index contributed by atoms with van der Waals surface area (Å²) in [4.78, 5) is 24.8. The molecule has 2 aromatic carbocycles. The molecule has 3 rings (SSSR count). The first-order chi connectivity index (χ1) is 11.0. The van der Waals surface area contributed by atoms with Crippen LogP contribution < -0.4 is 11.4 Å². The fourth-order valence-corrected chi connectivity index (χ4v) is 2.61. The predicted octanol–water partition coefficient (Wildman–Crippen LogP) is 2.33. The van der Waals surface area contributed by atoms with Gasteiger partial charge in [0.1, 0.15) is 5.82 Å². The van der Waals surface area contributed by atoms with E-state index in [0.29, 0.717) is 23.1 Å². The molecule has 0 unspecified atom stereocenters. The number of imidazole rings is 1. The molecule has 0 spiro atoms. The van der Waals surface area contributed by atoms with E-state index < -0.39 is 5.69 Å². The van der Waals surface area contributed by atoms with Gasteiger partial charge in [0.2, 0.25) is 5.91 Å². The number of hydrogen-bond donors (Lipinski definition) is 1. The Hall–Kier alpha value is -2.89. The van der Waals surface area contributed by atoms with Crippen molar-refractivity contribution < 1.29 is 9.18 Å². The number of anilines is 1. The number of carbonyl (C=O) groups excluding carboxylic acids is 1. The van der Waals surface area contributed by atoms with Gasteiger partial charge in [-0.05, 0) is 42.3 Å². The van der Waals surface area contributed by atoms with Crippen LogP contribution in [0.3, 0.4) is 0 Å². The number of hydrogen-bond acceptors (Lipinski definition) is 3. The van der Waals surface area contributed by atoms with Crippen LogP contribution in [0.1, 0.15) is 16.8 Å². The Morgan fingerprint density at radius 1 is 1.13 bits per heavy atom. The third-order valence-corrected chi connectivity index (χ3v) is 3.87. The molecule has 0 aliphatic carbocycles. The monoisotopic (exact) mass is 313 g/mol. The number of rotatable bonds is 3. The summed E-state index contributed by atoms with van der Waals surface area (Å²) in [6.07, 6.45) is 0.587. The molecule has 1 aromatic heterocycles. The number of nitrogens with zero attached hydrogens (tertiary/aromatic N) is 2. The van der Waals surface area contributed by atoms with E-state index in [4.69, 9.17) is 5.73 Å². The Kier molecular flexibility index (Phi) is 3.73. The Balaban J connectivity index is 1.92. The number of halogens is 1. The van der Waals surface area contributed by atoms with Crippen molar-refractivity contribution in [3.63, 3.8) is 0 Å². The van der Waals surface area contributed by atoms with Crippen LogP contribution >= 0.6 is 0 Å². The molecule has 5 nitrogen and oxygen atoms in total. The SMILES string of the molecule is Cn1c(=O)n(C(=O)CCc2ccc(F)cc2)c2cc(N)ccc21. The summed E-state index contributed by atoms with van der Waals surface area (Å²) in [5.74, 6) is -0.628. The highest BCUT2D eigenvalue weighted by molar-refractivity contribution is 5.91. The van der Waals surface area contributed by atoms with Crippen LogP contribution in [0, 0.1) is 5.82 Å². The molecule has 0 saturated heterocycles.